The molecule has 1 saturated carbocycles. The first-order chi connectivity index (χ1) is 13.8. The van der Waals surface area contributed by atoms with Crippen molar-refractivity contribution in [3.8, 4) is 6.01 Å². The van der Waals surface area contributed by atoms with Crippen LogP contribution in [-0.4, -0.2) is 21.9 Å². The summed E-state index contributed by atoms with van der Waals surface area (Å²) in [6, 6.07) is 1.01. The highest BCUT2D eigenvalue weighted by molar-refractivity contribution is 5.84. The second-order valence-electron chi connectivity index (χ2n) is 7.16. The molecule has 0 saturated heterocycles. The molecule has 1 fully saturated rings. The molecular weight excluding hydrogens is 391 g/mol. The summed E-state index contributed by atoms with van der Waals surface area (Å²) in [5.41, 5.74) is -0.278. The molecule has 10 heteroatoms. The molecule has 1 N–H and O–H groups in total. The lowest BCUT2D eigenvalue weighted by atomic mass is 9.87. The molecule has 0 radical (unpaired) electrons. The second kappa shape index (κ2) is 8.79. The Labute approximate surface area is 164 Å². The molecule has 3 rings (SSSR count). The van der Waals surface area contributed by atoms with Crippen LogP contribution in [0.25, 0.3) is 11.1 Å². The third-order valence-corrected chi connectivity index (χ3v) is 5.01. The molecular formula is C19H22F3N3O4. The smallest absolute Gasteiger partial charge is 0.391 e. The maximum absolute atomic E-state index is 12.7. The Morgan fingerprint density at radius 3 is 2.66 bits per heavy atom. The molecule has 1 aliphatic carbocycles. The van der Waals surface area contributed by atoms with E-state index < -0.39 is 23.3 Å². The molecule has 0 spiro atoms. The minimum absolute atomic E-state index is 0.0522. The number of halogens is 3. The highest BCUT2D eigenvalue weighted by Gasteiger charge is 2.40. The number of hydrogen-bond donors (Lipinski definition) is 1. The van der Waals surface area contributed by atoms with E-state index >= 15 is 0 Å². The molecule has 158 valence electrons. The predicted octanol–water partition coefficient (Wildman–Crippen LogP) is 4.10. The van der Waals surface area contributed by atoms with E-state index in [9.17, 15) is 22.8 Å². The van der Waals surface area contributed by atoms with Crippen molar-refractivity contribution in [3.63, 3.8) is 0 Å². The average molecular weight is 413 g/mol. The first-order valence-corrected chi connectivity index (χ1v) is 9.64. The Morgan fingerprint density at radius 2 is 2.00 bits per heavy atom. The third-order valence-electron chi connectivity index (χ3n) is 5.01. The molecule has 2 aromatic heterocycles. The molecule has 0 aromatic carbocycles. The van der Waals surface area contributed by atoms with Gasteiger partial charge in [0.15, 0.2) is 0 Å². The summed E-state index contributed by atoms with van der Waals surface area (Å²) < 4.78 is 43.2. The average Bonchev–Trinajstić information content (AvgIpc) is 2.65. The van der Waals surface area contributed by atoms with Gasteiger partial charge in [-0.15, -0.1) is 0 Å². The minimum Gasteiger partial charge on any atom is -0.403 e. The number of fused-ring (bicyclic) bond motifs is 1. The Bertz CT molecular complexity index is 1000. The summed E-state index contributed by atoms with van der Waals surface area (Å²) in [7, 11) is 0. The van der Waals surface area contributed by atoms with Gasteiger partial charge in [-0.2, -0.15) is 18.2 Å². The van der Waals surface area contributed by atoms with Gasteiger partial charge in [-0.25, -0.2) is 4.79 Å². The van der Waals surface area contributed by atoms with Gasteiger partial charge in [-0.3, -0.25) is 9.78 Å². The molecule has 7 nitrogen and oxygen atoms in total. The van der Waals surface area contributed by atoms with E-state index in [-0.39, 0.29) is 42.8 Å². The zero-order chi connectivity index (χ0) is 21.0. The van der Waals surface area contributed by atoms with Crippen molar-refractivity contribution in [2.45, 2.75) is 64.5 Å². The maximum Gasteiger partial charge on any atom is 0.391 e. The van der Waals surface area contributed by atoms with Gasteiger partial charge in [0.25, 0.3) is 5.56 Å². The summed E-state index contributed by atoms with van der Waals surface area (Å²) >= 11 is 0. The summed E-state index contributed by atoms with van der Waals surface area (Å²) in [5.74, 6) is -1.33. The van der Waals surface area contributed by atoms with E-state index in [1.165, 1.54) is 6.07 Å². The van der Waals surface area contributed by atoms with Crippen molar-refractivity contribution >= 4 is 16.8 Å². The maximum atomic E-state index is 12.7. The summed E-state index contributed by atoms with van der Waals surface area (Å²) in [5, 5.41) is 4.01. The van der Waals surface area contributed by atoms with Crippen LogP contribution < -0.4 is 16.0 Å². The number of unbranched alkanes of at least 4 members (excludes halogenated alkanes) is 2. The zero-order valence-electron chi connectivity index (χ0n) is 16.0. The van der Waals surface area contributed by atoms with Gasteiger partial charge < -0.3 is 9.25 Å². The summed E-state index contributed by atoms with van der Waals surface area (Å²) in [6.45, 7) is 2.05. The van der Waals surface area contributed by atoms with Crippen LogP contribution in [-0.2, 0) is 6.42 Å². The van der Waals surface area contributed by atoms with Crippen LogP contribution in [0.3, 0.4) is 0 Å². The molecule has 2 heterocycles. The Morgan fingerprint density at radius 1 is 1.28 bits per heavy atom. The van der Waals surface area contributed by atoms with Crippen LogP contribution in [0.4, 0.5) is 13.2 Å². The molecule has 0 aliphatic heterocycles. The molecule has 0 atom stereocenters. The van der Waals surface area contributed by atoms with Crippen LogP contribution in [0.15, 0.2) is 25.2 Å². The van der Waals surface area contributed by atoms with Crippen LogP contribution in [0, 0.1) is 5.92 Å². The fraction of sp³-hybridized carbons (Fsp3) is 0.579. The van der Waals surface area contributed by atoms with Gasteiger partial charge in [-0.1, -0.05) is 24.9 Å². The van der Waals surface area contributed by atoms with E-state index in [4.69, 9.17) is 9.25 Å². The lowest BCUT2D eigenvalue weighted by molar-refractivity contribution is -0.178. The van der Waals surface area contributed by atoms with E-state index in [0.717, 1.165) is 19.3 Å². The number of oxime groups is 1. The highest BCUT2D eigenvalue weighted by atomic mass is 19.4. The number of aromatic nitrogens is 2. The monoisotopic (exact) mass is 413 g/mol. The number of nitrogens with zero attached hydrogens (tertiary/aromatic N) is 2. The van der Waals surface area contributed by atoms with E-state index in [2.05, 4.69) is 15.1 Å². The van der Waals surface area contributed by atoms with Crippen LogP contribution in [0.2, 0.25) is 0 Å². The van der Waals surface area contributed by atoms with Gasteiger partial charge in [0.1, 0.15) is 5.39 Å². The van der Waals surface area contributed by atoms with Crippen molar-refractivity contribution in [1.29, 1.82) is 0 Å². The van der Waals surface area contributed by atoms with Crippen LogP contribution >= 0.6 is 0 Å². The number of nitrogens with one attached hydrogen (secondary N) is 1. The molecule has 2 aromatic rings. The second-order valence-corrected chi connectivity index (χ2v) is 7.16. The van der Waals surface area contributed by atoms with Crippen molar-refractivity contribution in [1.82, 2.24) is 9.97 Å². The number of aryl methyl sites for hydroxylation is 1. The highest BCUT2D eigenvalue weighted by Crippen LogP contribution is 2.36. The van der Waals surface area contributed by atoms with E-state index in [1.54, 1.807) is 0 Å². The number of aromatic amines is 1. The van der Waals surface area contributed by atoms with Crippen molar-refractivity contribution in [3.05, 3.63) is 32.4 Å². The largest absolute Gasteiger partial charge is 0.403 e. The molecule has 0 amide bonds. The topological polar surface area (TPSA) is 97.5 Å². The number of hydrogen-bond acceptors (Lipinski definition) is 6. The first kappa shape index (κ1) is 21.1. The third kappa shape index (κ3) is 5.24. The fourth-order valence-electron chi connectivity index (χ4n) is 3.41. The van der Waals surface area contributed by atoms with Gasteiger partial charge in [-0.05, 0) is 44.1 Å². The van der Waals surface area contributed by atoms with Crippen molar-refractivity contribution < 1.29 is 22.4 Å². The summed E-state index contributed by atoms with van der Waals surface area (Å²) in [4.78, 5) is 35.8. The number of alkyl halides is 3. The molecule has 0 bridgehead atoms. The molecule has 1 aliphatic rings. The predicted molar refractivity (Wildman–Crippen MR) is 100 cm³/mol. The van der Waals surface area contributed by atoms with Gasteiger partial charge in [0.05, 0.1) is 11.6 Å². The number of H-pyrrole nitrogens is 1. The van der Waals surface area contributed by atoms with E-state index in [1.807, 2.05) is 6.92 Å². The zero-order valence-corrected chi connectivity index (χ0v) is 16.0. The standard InChI is InChI=1S/C19H22F3N3O4/c1-2-3-4-5-11-10-14(26)28-17-15(11)16(27)23-18(24-17)29-25-13-8-6-12(7-9-13)19(20,21)22/h10,12H,2-9H2,1H3,(H,23,24,27). The van der Waals surface area contributed by atoms with Gasteiger partial charge in [0, 0.05) is 6.07 Å². The van der Waals surface area contributed by atoms with Crippen molar-refractivity contribution in [2.75, 3.05) is 0 Å². The van der Waals surface area contributed by atoms with E-state index in [0.29, 0.717) is 17.7 Å². The first-order valence-electron chi connectivity index (χ1n) is 9.64. The lowest BCUT2D eigenvalue weighted by Crippen LogP contribution is -2.28. The Hall–Kier alpha value is -2.65. The lowest BCUT2D eigenvalue weighted by Gasteiger charge is -2.24. The van der Waals surface area contributed by atoms with Crippen LogP contribution in [0.5, 0.6) is 6.01 Å². The molecule has 0 unspecified atom stereocenters. The van der Waals surface area contributed by atoms with Crippen molar-refractivity contribution in [2.24, 2.45) is 11.1 Å². The number of rotatable bonds is 6. The summed E-state index contributed by atoms with van der Waals surface area (Å²) in [6.07, 6.45) is -0.687. The fourth-order valence-corrected chi connectivity index (χ4v) is 3.41. The Kier molecular flexibility index (Phi) is 6.39. The quantitative estimate of drug-likeness (QED) is 0.568. The SMILES string of the molecule is CCCCCc1cc(=O)oc2nc(ON=C3CCC(C(F)(F)F)CC3)[nH]c(=O)c12. The van der Waals surface area contributed by atoms with Gasteiger partial charge in [0.2, 0.25) is 5.71 Å². The Balaban J connectivity index is 1.78. The minimum atomic E-state index is -4.20. The molecule has 29 heavy (non-hydrogen) atoms. The van der Waals surface area contributed by atoms with Crippen LogP contribution in [0.1, 0.15) is 57.4 Å². The van der Waals surface area contributed by atoms with Gasteiger partial charge >= 0.3 is 17.8 Å². The normalized spacial score (nSPS) is 17.5.